The molecule has 0 bridgehead atoms. The molecule has 1 aromatic rings. The van der Waals surface area contributed by atoms with Gasteiger partial charge in [-0.05, 0) is 19.3 Å². The van der Waals surface area contributed by atoms with Gasteiger partial charge in [0.1, 0.15) is 4.90 Å². The van der Waals surface area contributed by atoms with Crippen LogP contribution >= 0.6 is 0 Å². The summed E-state index contributed by atoms with van der Waals surface area (Å²) in [7, 11) is -3.19. The highest BCUT2D eigenvalue weighted by molar-refractivity contribution is 7.90. The van der Waals surface area contributed by atoms with E-state index in [1.165, 1.54) is 12.4 Å². The molecular formula is C9H14N2O3S. The molecule has 0 unspecified atom stereocenters. The van der Waals surface area contributed by atoms with Crippen molar-refractivity contribution in [3.05, 3.63) is 12.4 Å². The average molecular weight is 230 g/mol. The summed E-state index contributed by atoms with van der Waals surface area (Å²) < 4.78 is 24.0. The standard InChI is InChI=1S/C9H14N2O3S/c1-15(13,14)7-5-10-11(6-7)8-3-2-4-9(8)12/h5-6,8-9,12H,2-4H2,1H3/t8-,9-/m1/s1. The lowest BCUT2D eigenvalue weighted by atomic mass is 10.2. The smallest absolute Gasteiger partial charge is 0.178 e. The Kier molecular flexibility index (Phi) is 2.56. The van der Waals surface area contributed by atoms with Gasteiger partial charge in [-0.25, -0.2) is 8.42 Å². The second kappa shape index (κ2) is 3.61. The molecule has 15 heavy (non-hydrogen) atoms. The maximum Gasteiger partial charge on any atom is 0.178 e. The summed E-state index contributed by atoms with van der Waals surface area (Å²) in [5.74, 6) is 0. The number of aliphatic hydroxyl groups excluding tert-OH is 1. The maximum absolute atomic E-state index is 11.2. The second-order valence-corrected chi connectivity index (χ2v) is 6.01. The topological polar surface area (TPSA) is 72.2 Å². The molecule has 1 heterocycles. The SMILES string of the molecule is CS(=O)(=O)c1cnn([C@@H]2CCC[C@H]2O)c1. The molecule has 0 radical (unpaired) electrons. The Bertz CT molecular complexity index is 452. The summed E-state index contributed by atoms with van der Waals surface area (Å²) in [4.78, 5) is 0.210. The van der Waals surface area contributed by atoms with Gasteiger partial charge in [0.15, 0.2) is 9.84 Å². The van der Waals surface area contributed by atoms with Gasteiger partial charge < -0.3 is 5.11 Å². The number of sulfone groups is 1. The molecule has 1 aliphatic rings. The molecule has 1 saturated carbocycles. The second-order valence-electron chi connectivity index (χ2n) is 3.99. The molecule has 6 heteroatoms. The van der Waals surface area contributed by atoms with E-state index in [1.807, 2.05) is 0 Å². The van der Waals surface area contributed by atoms with Crippen LogP contribution in [0.2, 0.25) is 0 Å². The fourth-order valence-corrected chi connectivity index (χ4v) is 2.46. The van der Waals surface area contributed by atoms with Crippen LogP contribution < -0.4 is 0 Å². The molecule has 0 saturated heterocycles. The van der Waals surface area contributed by atoms with Gasteiger partial charge in [-0.1, -0.05) is 0 Å². The first-order valence-electron chi connectivity index (χ1n) is 4.91. The molecule has 2 rings (SSSR count). The molecule has 84 valence electrons. The summed E-state index contributed by atoms with van der Waals surface area (Å²) in [6, 6.07) is -0.0690. The molecule has 1 N–H and O–H groups in total. The Morgan fingerprint density at radius 1 is 1.53 bits per heavy atom. The van der Waals surface area contributed by atoms with E-state index in [-0.39, 0.29) is 10.9 Å². The number of hydrogen-bond acceptors (Lipinski definition) is 4. The minimum Gasteiger partial charge on any atom is -0.391 e. The Morgan fingerprint density at radius 3 is 2.73 bits per heavy atom. The van der Waals surface area contributed by atoms with Crippen LogP contribution in [-0.2, 0) is 9.84 Å². The Balaban J connectivity index is 2.28. The summed E-state index contributed by atoms with van der Waals surface area (Å²) in [6.07, 6.45) is 6.15. The van der Waals surface area contributed by atoms with Crippen molar-refractivity contribution >= 4 is 9.84 Å². The van der Waals surface area contributed by atoms with Crippen molar-refractivity contribution in [2.75, 3.05) is 6.26 Å². The van der Waals surface area contributed by atoms with E-state index < -0.39 is 15.9 Å². The predicted octanol–water partition coefficient (Wildman–Crippen LogP) is 0.373. The van der Waals surface area contributed by atoms with Crippen molar-refractivity contribution in [2.24, 2.45) is 0 Å². The summed E-state index contributed by atoms with van der Waals surface area (Å²) >= 11 is 0. The van der Waals surface area contributed by atoms with Crippen molar-refractivity contribution in [1.82, 2.24) is 9.78 Å². The zero-order chi connectivity index (χ0) is 11.1. The first-order chi connectivity index (χ1) is 6.98. The third kappa shape index (κ3) is 2.05. The highest BCUT2D eigenvalue weighted by Gasteiger charge is 2.27. The van der Waals surface area contributed by atoms with Crippen molar-refractivity contribution in [3.8, 4) is 0 Å². The van der Waals surface area contributed by atoms with Gasteiger partial charge in [0.2, 0.25) is 0 Å². The Hall–Kier alpha value is -0.880. The van der Waals surface area contributed by atoms with Gasteiger partial charge in [0.25, 0.3) is 0 Å². The highest BCUT2D eigenvalue weighted by atomic mass is 32.2. The van der Waals surface area contributed by atoms with Crippen LogP contribution in [0.15, 0.2) is 17.3 Å². The van der Waals surface area contributed by atoms with Crippen LogP contribution in [0.25, 0.3) is 0 Å². The van der Waals surface area contributed by atoms with E-state index in [2.05, 4.69) is 5.10 Å². The quantitative estimate of drug-likeness (QED) is 0.797. The minimum absolute atomic E-state index is 0.0690. The first kappa shape index (κ1) is 10.6. The van der Waals surface area contributed by atoms with Crippen molar-refractivity contribution in [2.45, 2.75) is 36.3 Å². The molecule has 2 atom stereocenters. The molecule has 0 spiro atoms. The van der Waals surface area contributed by atoms with Gasteiger partial charge >= 0.3 is 0 Å². The highest BCUT2D eigenvalue weighted by Crippen LogP contribution is 2.29. The molecule has 1 aliphatic carbocycles. The van der Waals surface area contributed by atoms with Crippen LogP contribution in [0.4, 0.5) is 0 Å². The van der Waals surface area contributed by atoms with E-state index in [0.717, 1.165) is 25.5 Å². The predicted molar refractivity (Wildman–Crippen MR) is 54.2 cm³/mol. The van der Waals surface area contributed by atoms with Crippen LogP contribution in [0.5, 0.6) is 0 Å². The molecule has 0 aliphatic heterocycles. The molecule has 5 nitrogen and oxygen atoms in total. The lowest BCUT2D eigenvalue weighted by molar-refractivity contribution is 0.130. The fraction of sp³-hybridized carbons (Fsp3) is 0.667. The van der Waals surface area contributed by atoms with Gasteiger partial charge in [-0.3, -0.25) is 4.68 Å². The van der Waals surface area contributed by atoms with Crippen LogP contribution in [0, 0.1) is 0 Å². The largest absolute Gasteiger partial charge is 0.391 e. The van der Waals surface area contributed by atoms with Gasteiger partial charge in [-0.2, -0.15) is 5.10 Å². The number of aliphatic hydroxyl groups is 1. The lowest BCUT2D eigenvalue weighted by Crippen LogP contribution is -2.18. The van der Waals surface area contributed by atoms with Gasteiger partial charge in [0, 0.05) is 12.5 Å². The lowest BCUT2D eigenvalue weighted by Gasteiger charge is -2.14. The summed E-state index contributed by atoms with van der Waals surface area (Å²) in [5, 5.41) is 13.6. The zero-order valence-electron chi connectivity index (χ0n) is 8.50. The Morgan fingerprint density at radius 2 is 2.27 bits per heavy atom. The fourth-order valence-electron chi connectivity index (χ4n) is 1.92. The van der Waals surface area contributed by atoms with Gasteiger partial charge in [0.05, 0.1) is 18.3 Å². The number of nitrogens with zero attached hydrogens (tertiary/aromatic N) is 2. The number of rotatable bonds is 2. The third-order valence-electron chi connectivity index (χ3n) is 2.79. The first-order valence-corrected chi connectivity index (χ1v) is 6.80. The Labute approximate surface area is 88.6 Å². The van der Waals surface area contributed by atoms with Crippen molar-refractivity contribution in [1.29, 1.82) is 0 Å². The van der Waals surface area contributed by atoms with Crippen molar-refractivity contribution in [3.63, 3.8) is 0 Å². The average Bonchev–Trinajstić information content (AvgIpc) is 2.69. The summed E-state index contributed by atoms with van der Waals surface area (Å²) in [6.45, 7) is 0. The molecule has 1 fully saturated rings. The maximum atomic E-state index is 11.2. The zero-order valence-corrected chi connectivity index (χ0v) is 9.31. The minimum atomic E-state index is -3.19. The molecule has 1 aromatic heterocycles. The summed E-state index contributed by atoms with van der Waals surface area (Å²) in [5.41, 5.74) is 0. The van der Waals surface area contributed by atoms with E-state index in [4.69, 9.17) is 0 Å². The third-order valence-corrected chi connectivity index (χ3v) is 3.86. The number of hydrogen-bond donors (Lipinski definition) is 1. The van der Waals surface area contributed by atoms with Crippen LogP contribution in [0.1, 0.15) is 25.3 Å². The number of aromatic nitrogens is 2. The van der Waals surface area contributed by atoms with Crippen LogP contribution in [0.3, 0.4) is 0 Å². The molecular weight excluding hydrogens is 216 g/mol. The molecule has 0 aromatic carbocycles. The van der Waals surface area contributed by atoms with Crippen molar-refractivity contribution < 1.29 is 13.5 Å². The van der Waals surface area contributed by atoms with E-state index in [9.17, 15) is 13.5 Å². The van der Waals surface area contributed by atoms with Gasteiger partial charge in [-0.15, -0.1) is 0 Å². The molecule has 0 amide bonds. The van der Waals surface area contributed by atoms with Crippen LogP contribution in [-0.4, -0.2) is 35.7 Å². The van der Waals surface area contributed by atoms with E-state index in [0.29, 0.717) is 0 Å². The monoisotopic (exact) mass is 230 g/mol. The normalized spacial score (nSPS) is 27.1. The van der Waals surface area contributed by atoms with E-state index >= 15 is 0 Å². The van der Waals surface area contributed by atoms with E-state index in [1.54, 1.807) is 4.68 Å².